The smallest absolute Gasteiger partial charge is 0.183 e. The third kappa shape index (κ3) is 3.01. The van der Waals surface area contributed by atoms with E-state index in [0.717, 1.165) is 25.7 Å². The number of hydrogen-bond donors (Lipinski definition) is 3. The molecule has 5 rings (SSSR count). The second-order valence-corrected chi connectivity index (χ2v) is 11.4. The van der Waals surface area contributed by atoms with Crippen molar-refractivity contribution in [3.63, 3.8) is 0 Å². The number of aliphatic hydroxyl groups is 2. The van der Waals surface area contributed by atoms with Crippen LogP contribution in [-0.2, 0) is 9.59 Å². The van der Waals surface area contributed by atoms with Crippen LogP contribution in [0.2, 0.25) is 0 Å². The molecular formula is C23H31N3O4S. The number of carbonyl (C=O) groups is 2. The van der Waals surface area contributed by atoms with Gasteiger partial charge in [-0.25, -0.2) is 4.98 Å². The van der Waals surface area contributed by atoms with E-state index in [1.165, 1.54) is 23.7 Å². The number of thioether (sulfide) groups is 1. The number of ketones is 2. The molecule has 0 saturated heterocycles. The van der Waals surface area contributed by atoms with E-state index in [2.05, 4.69) is 22.1 Å². The van der Waals surface area contributed by atoms with Gasteiger partial charge in [0.25, 0.3) is 0 Å². The van der Waals surface area contributed by atoms with Crippen molar-refractivity contribution < 1.29 is 19.8 Å². The zero-order valence-corrected chi connectivity index (χ0v) is 19.0. The van der Waals surface area contributed by atoms with Crippen LogP contribution < -0.4 is 0 Å². The number of hydrogen-bond acceptors (Lipinski definition) is 7. The second kappa shape index (κ2) is 7.25. The summed E-state index contributed by atoms with van der Waals surface area (Å²) in [6, 6.07) is 0. The summed E-state index contributed by atoms with van der Waals surface area (Å²) in [5, 5.41) is 30.2. The van der Waals surface area contributed by atoms with Crippen LogP contribution >= 0.6 is 11.8 Å². The molecule has 0 bridgehead atoms. The average molecular weight is 446 g/mol. The van der Waals surface area contributed by atoms with Crippen molar-refractivity contribution in [3.05, 3.63) is 18.0 Å². The number of aliphatic hydroxyl groups excluding tert-OH is 1. The molecule has 3 saturated carbocycles. The molecule has 3 N–H and O–H groups in total. The normalized spacial score (nSPS) is 44.3. The summed E-state index contributed by atoms with van der Waals surface area (Å²) < 4.78 is 0. The Bertz CT molecular complexity index is 933. The number of allylic oxidation sites excluding steroid dienone is 1. The molecule has 7 nitrogen and oxygen atoms in total. The first-order chi connectivity index (χ1) is 14.7. The number of fused-ring (bicyclic) bond motifs is 5. The van der Waals surface area contributed by atoms with Crippen molar-refractivity contribution in [1.82, 2.24) is 15.2 Å². The highest BCUT2D eigenvalue weighted by Crippen LogP contribution is 2.67. The molecule has 3 fully saturated rings. The monoisotopic (exact) mass is 445 g/mol. The van der Waals surface area contributed by atoms with Crippen molar-refractivity contribution in [2.75, 3.05) is 5.75 Å². The van der Waals surface area contributed by atoms with Gasteiger partial charge in [0, 0.05) is 11.8 Å². The maximum atomic E-state index is 13.3. The molecule has 8 heteroatoms. The van der Waals surface area contributed by atoms with Crippen LogP contribution in [0, 0.1) is 28.6 Å². The first-order valence-electron chi connectivity index (χ1n) is 11.3. The maximum Gasteiger partial charge on any atom is 0.183 e. The van der Waals surface area contributed by atoms with Crippen molar-refractivity contribution in [3.8, 4) is 0 Å². The fraction of sp³-hybridized carbons (Fsp3) is 0.739. The van der Waals surface area contributed by atoms with Gasteiger partial charge in [0.15, 0.2) is 16.7 Å². The third-order valence-corrected chi connectivity index (χ3v) is 10.1. The van der Waals surface area contributed by atoms with Crippen molar-refractivity contribution >= 4 is 23.3 Å². The van der Waals surface area contributed by atoms with Gasteiger partial charge >= 0.3 is 0 Å². The molecule has 1 heterocycles. The molecule has 1 aromatic rings. The molecule has 31 heavy (non-hydrogen) atoms. The van der Waals surface area contributed by atoms with E-state index < -0.39 is 17.1 Å². The SMILES string of the molecule is CC12CCC(=O)C=C1CCC1C2[C@@H](O)CC2(C)C1CC[C@]2(O)C(=O)CSc1ncn[nH]1. The number of carbonyl (C=O) groups excluding carboxylic acids is 2. The Morgan fingerprint density at radius 2 is 2.10 bits per heavy atom. The Balaban J connectivity index is 1.42. The van der Waals surface area contributed by atoms with E-state index >= 15 is 0 Å². The highest BCUT2D eigenvalue weighted by molar-refractivity contribution is 7.99. The fourth-order valence-electron chi connectivity index (χ4n) is 7.67. The minimum absolute atomic E-state index is 0.0831. The van der Waals surface area contributed by atoms with E-state index in [4.69, 9.17) is 0 Å². The first kappa shape index (κ1) is 21.3. The lowest BCUT2D eigenvalue weighted by Crippen LogP contribution is -2.61. The number of H-pyrrole nitrogens is 1. The predicted octanol–water partition coefficient (Wildman–Crippen LogP) is 2.70. The second-order valence-electron chi connectivity index (χ2n) is 10.5. The van der Waals surface area contributed by atoms with Gasteiger partial charge in [-0.05, 0) is 67.8 Å². The highest BCUT2D eigenvalue weighted by Gasteiger charge is 2.68. The summed E-state index contributed by atoms with van der Waals surface area (Å²) in [7, 11) is 0. The number of Topliss-reactive ketones (excluding diaryl/α,β-unsaturated/α-hetero) is 1. The Labute approximate surface area is 186 Å². The van der Waals surface area contributed by atoms with Crippen LogP contribution in [0.3, 0.4) is 0 Å². The van der Waals surface area contributed by atoms with Crippen LogP contribution in [0.15, 0.2) is 23.1 Å². The largest absolute Gasteiger partial charge is 0.393 e. The van der Waals surface area contributed by atoms with Crippen LogP contribution in [0.1, 0.15) is 58.8 Å². The summed E-state index contributed by atoms with van der Waals surface area (Å²) in [5.74, 6) is 0.681. The zero-order chi connectivity index (χ0) is 22.0. The molecule has 0 aromatic carbocycles. The van der Waals surface area contributed by atoms with Crippen molar-refractivity contribution in [2.45, 2.75) is 75.7 Å². The lowest BCUT2D eigenvalue weighted by molar-refractivity contribution is -0.178. The molecule has 4 aliphatic carbocycles. The molecule has 168 valence electrons. The molecule has 1 aromatic heterocycles. The minimum atomic E-state index is -1.43. The Morgan fingerprint density at radius 3 is 2.84 bits per heavy atom. The summed E-state index contributed by atoms with van der Waals surface area (Å²) in [6.45, 7) is 4.23. The van der Waals surface area contributed by atoms with E-state index in [1.807, 2.05) is 13.0 Å². The van der Waals surface area contributed by atoms with Crippen LogP contribution in [-0.4, -0.2) is 54.4 Å². The summed E-state index contributed by atoms with van der Waals surface area (Å²) in [5.41, 5.74) is -1.05. The van der Waals surface area contributed by atoms with Gasteiger partial charge in [-0.1, -0.05) is 31.2 Å². The average Bonchev–Trinajstić information content (AvgIpc) is 3.33. The topological polar surface area (TPSA) is 116 Å². The first-order valence-corrected chi connectivity index (χ1v) is 12.3. The van der Waals surface area contributed by atoms with Gasteiger partial charge in [-0.15, -0.1) is 0 Å². The Hall–Kier alpha value is -1.51. The zero-order valence-electron chi connectivity index (χ0n) is 18.1. The van der Waals surface area contributed by atoms with E-state index in [9.17, 15) is 19.8 Å². The van der Waals surface area contributed by atoms with E-state index in [1.54, 1.807) is 0 Å². The molecule has 0 radical (unpaired) electrons. The maximum absolute atomic E-state index is 13.3. The minimum Gasteiger partial charge on any atom is -0.393 e. The summed E-state index contributed by atoms with van der Waals surface area (Å²) >= 11 is 1.26. The molecular weight excluding hydrogens is 414 g/mol. The van der Waals surface area contributed by atoms with Crippen LogP contribution in [0.25, 0.3) is 0 Å². The Kier molecular flexibility index (Phi) is 4.99. The van der Waals surface area contributed by atoms with Crippen molar-refractivity contribution in [2.24, 2.45) is 28.6 Å². The molecule has 0 aliphatic heterocycles. The van der Waals surface area contributed by atoms with E-state index in [0.29, 0.717) is 24.4 Å². The number of aromatic nitrogens is 3. The van der Waals surface area contributed by atoms with Gasteiger partial charge in [-0.3, -0.25) is 14.7 Å². The lowest BCUT2D eigenvalue weighted by atomic mass is 9.45. The van der Waals surface area contributed by atoms with Gasteiger partial charge in [0.1, 0.15) is 11.9 Å². The molecule has 0 amide bonds. The van der Waals surface area contributed by atoms with E-state index in [-0.39, 0.29) is 40.5 Å². The molecule has 0 spiro atoms. The number of aromatic amines is 1. The number of rotatable bonds is 4. The van der Waals surface area contributed by atoms with Gasteiger partial charge in [0.05, 0.1) is 11.9 Å². The number of nitrogens with zero attached hydrogens (tertiary/aromatic N) is 2. The van der Waals surface area contributed by atoms with Crippen LogP contribution in [0.4, 0.5) is 0 Å². The summed E-state index contributed by atoms with van der Waals surface area (Å²) in [6.07, 6.45) is 7.41. The summed E-state index contributed by atoms with van der Waals surface area (Å²) in [4.78, 5) is 29.3. The quantitative estimate of drug-likeness (QED) is 0.610. The molecule has 5 unspecified atom stereocenters. The molecule has 4 aliphatic rings. The van der Waals surface area contributed by atoms with Crippen molar-refractivity contribution in [1.29, 1.82) is 0 Å². The standard InChI is InChI=1S/C23H31N3O4S/c1-21-7-5-14(27)9-13(21)3-4-15-16-6-8-23(30,22(16,2)10-17(28)19(15)21)18(29)11-31-20-24-12-25-26-20/h9,12,15-17,19,28,30H,3-8,10-11H2,1-2H3,(H,24,25,26)/t15?,16?,17-,19?,21?,22?,23-/m0/s1. The van der Waals surface area contributed by atoms with Gasteiger partial charge in [-0.2, -0.15) is 5.10 Å². The van der Waals surface area contributed by atoms with Gasteiger partial charge < -0.3 is 10.2 Å². The molecule has 7 atom stereocenters. The Morgan fingerprint density at radius 1 is 1.29 bits per heavy atom. The van der Waals surface area contributed by atoms with Gasteiger partial charge in [0.2, 0.25) is 0 Å². The van der Waals surface area contributed by atoms with Crippen LogP contribution in [0.5, 0.6) is 0 Å². The fourth-order valence-corrected chi connectivity index (χ4v) is 8.41. The lowest BCUT2D eigenvalue weighted by Gasteiger charge is -2.60. The highest BCUT2D eigenvalue weighted by atomic mass is 32.2. The third-order valence-electron chi connectivity index (χ3n) is 9.24. The predicted molar refractivity (Wildman–Crippen MR) is 115 cm³/mol. The number of nitrogens with one attached hydrogen (secondary N) is 1.